The van der Waals surface area contributed by atoms with Gasteiger partial charge in [0, 0.05) is 55.4 Å². The third-order valence-electron chi connectivity index (χ3n) is 11.0. The van der Waals surface area contributed by atoms with Crippen molar-refractivity contribution in [1.82, 2.24) is 0 Å². The van der Waals surface area contributed by atoms with Crippen LogP contribution in [0.25, 0.3) is 43.9 Å². The van der Waals surface area contributed by atoms with Crippen molar-refractivity contribution in [3.8, 4) is 0 Å². The fourth-order valence-electron chi connectivity index (χ4n) is 8.73. The van der Waals surface area contributed by atoms with Gasteiger partial charge in [0.05, 0.1) is 5.69 Å². The molecule has 4 heterocycles. The van der Waals surface area contributed by atoms with E-state index in [-0.39, 0.29) is 12.1 Å². The van der Waals surface area contributed by atoms with Crippen molar-refractivity contribution < 1.29 is 8.83 Å². The molecule has 0 saturated heterocycles. The van der Waals surface area contributed by atoms with E-state index in [2.05, 4.69) is 176 Å². The topological polar surface area (TPSA) is 32.8 Å². The van der Waals surface area contributed by atoms with Gasteiger partial charge < -0.3 is 18.6 Å². The van der Waals surface area contributed by atoms with E-state index in [1.165, 1.54) is 27.9 Å². The SMILES string of the molecule is CC(C)(C)c1cc2c3c(c1)N(c1ccccc1)c1c(c4oc5ccccc5c4c4c1oc1ccccc14)B3c1ccccc1N2c1ccccc1. The molecule has 2 aliphatic rings. The highest BCUT2D eigenvalue weighted by atomic mass is 16.3. The summed E-state index contributed by atoms with van der Waals surface area (Å²) in [5, 5.41) is 4.39. The first-order chi connectivity index (χ1) is 25.0. The molecule has 2 aliphatic heterocycles. The highest BCUT2D eigenvalue weighted by molar-refractivity contribution is 7.02. The Kier molecular flexibility index (Phi) is 5.71. The first kappa shape index (κ1) is 28.6. The molecule has 242 valence electrons. The summed E-state index contributed by atoms with van der Waals surface area (Å²) in [5.74, 6) is 0. The summed E-state index contributed by atoms with van der Waals surface area (Å²) in [6.07, 6.45) is 0. The molecule has 11 rings (SSSR count). The zero-order valence-electron chi connectivity index (χ0n) is 28.6. The Morgan fingerprint density at radius 1 is 0.490 bits per heavy atom. The third kappa shape index (κ3) is 3.86. The minimum Gasteiger partial charge on any atom is -0.456 e. The summed E-state index contributed by atoms with van der Waals surface area (Å²) in [7, 11) is 0. The molecule has 0 atom stereocenters. The Balaban J connectivity index is 1.40. The predicted molar refractivity (Wildman–Crippen MR) is 214 cm³/mol. The molecule has 9 aromatic rings. The Labute approximate surface area is 296 Å². The van der Waals surface area contributed by atoms with E-state index in [1.54, 1.807) is 0 Å². The van der Waals surface area contributed by atoms with Crippen LogP contribution >= 0.6 is 0 Å². The van der Waals surface area contributed by atoms with Crippen LogP contribution in [0.15, 0.2) is 154 Å². The largest absolute Gasteiger partial charge is 0.456 e. The number of hydrogen-bond donors (Lipinski definition) is 0. The number of benzene rings is 7. The number of para-hydroxylation sites is 5. The summed E-state index contributed by atoms with van der Waals surface area (Å²) in [6.45, 7) is 6.81. The van der Waals surface area contributed by atoms with Crippen molar-refractivity contribution in [3.05, 3.63) is 151 Å². The smallest absolute Gasteiger partial charge is 0.257 e. The molecule has 7 aromatic carbocycles. The molecule has 0 aliphatic carbocycles. The van der Waals surface area contributed by atoms with Gasteiger partial charge in [0.15, 0.2) is 5.58 Å². The van der Waals surface area contributed by atoms with Gasteiger partial charge in [0.1, 0.15) is 16.7 Å². The lowest BCUT2D eigenvalue weighted by molar-refractivity contribution is 0.590. The quantitative estimate of drug-likeness (QED) is 0.173. The van der Waals surface area contributed by atoms with E-state index < -0.39 is 0 Å². The van der Waals surface area contributed by atoms with Crippen LogP contribution in [0.3, 0.4) is 0 Å². The number of hydrogen-bond acceptors (Lipinski definition) is 4. The van der Waals surface area contributed by atoms with Crippen LogP contribution in [0, 0.1) is 0 Å². The number of fused-ring (bicyclic) bond motifs is 13. The average molecular weight is 657 g/mol. The zero-order chi connectivity index (χ0) is 34.0. The van der Waals surface area contributed by atoms with Crippen LogP contribution in [-0.4, -0.2) is 6.71 Å². The highest BCUT2D eigenvalue weighted by Gasteiger charge is 2.47. The van der Waals surface area contributed by atoms with Crippen LogP contribution in [0.4, 0.5) is 34.1 Å². The molecule has 0 fully saturated rings. The third-order valence-corrected chi connectivity index (χ3v) is 11.0. The molecule has 2 aromatic heterocycles. The van der Waals surface area contributed by atoms with E-state index in [0.717, 1.165) is 72.1 Å². The lowest BCUT2D eigenvalue weighted by atomic mass is 9.33. The van der Waals surface area contributed by atoms with Crippen LogP contribution in [-0.2, 0) is 5.41 Å². The molecule has 0 bridgehead atoms. The van der Waals surface area contributed by atoms with Crippen molar-refractivity contribution in [3.63, 3.8) is 0 Å². The monoisotopic (exact) mass is 656 g/mol. The fraction of sp³-hybridized carbons (Fsp3) is 0.0870. The van der Waals surface area contributed by atoms with Gasteiger partial charge in [-0.1, -0.05) is 112 Å². The second-order valence-corrected chi connectivity index (χ2v) is 14.9. The van der Waals surface area contributed by atoms with Gasteiger partial charge in [-0.25, -0.2) is 0 Å². The van der Waals surface area contributed by atoms with E-state index in [4.69, 9.17) is 8.83 Å². The molecule has 0 N–H and O–H groups in total. The van der Waals surface area contributed by atoms with Gasteiger partial charge >= 0.3 is 0 Å². The summed E-state index contributed by atoms with van der Waals surface area (Å²) < 4.78 is 14.2. The molecule has 0 unspecified atom stereocenters. The fourth-order valence-corrected chi connectivity index (χ4v) is 8.73. The average Bonchev–Trinajstić information content (AvgIpc) is 3.74. The normalized spacial score (nSPS) is 13.7. The second-order valence-electron chi connectivity index (χ2n) is 14.9. The maximum atomic E-state index is 7.10. The standard InChI is InChI=1S/C46H33BN2O2/c1-46(2,3)28-26-35-41-36(27-28)49(30-18-8-5-9-19-30)43-42(47(41)33-22-12-13-23-34(33)48(35)29-16-6-4-7-17-29)44-39(31-20-10-14-24-37(31)50-44)40-32-21-11-15-25-38(32)51-45(40)43/h4-27H,1-3H3. The Morgan fingerprint density at radius 2 is 1.00 bits per heavy atom. The first-order valence-corrected chi connectivity index (χ1v) is 17.7. The molecule has 0 amide bonds. The summed E-state index contributed by atoms with van der Waals surface area (Å²) in [5.41, 5.74) is 15.1. The van der Waals surface area contributed by atoms with Crippen molar-refractivity contribution in [1.29, 1.82) is 0 Å². The minimum atomic E-state index is -0.115. The first-order valence-electron chi connectivity index (χ1n) is 17.7. The summed E-state index contributed by atoms with van der Waals surface area (Å²) in [4.78, 5) is 4.91. The second kappa shape index (κ2) is 10.2. The molecular formula is C46H33BN2O2. The van der Waals surface area contributed by atoms with Gasteiger partial charge in [0.25, 0.3) is 6.71 Å². The van der Waals surface area contributed by atoms with Crippen molar-refractivity contribution in [2.24, 2.45) is 0 Å². The number of anilines is 6. The number of furan rings is 2. The van der Waals surface area contributed by atoms with E-state index >= 15 is 0 Å². The maximum Gasteiger partial charge on any atom is 0.257 e. The van der Waals surface area contributed by atoms with Gasteiger partial charge in [-0.2, -0.15) is 0 Å². The lowest BCUT2D eigenvalue weighted by Crippen LogP contribution is -2.61. The highest BCUT2D eigenvalue weighted by Crippen LogP contribution is 2.51. The van der Waals surface area contributed by atoms with Crippen LogP contribution in [0.2, 0.25) is 0 Å². The van der Waals surface area contributed by atoms with Gasteiger partial charge in [-0.15, -0.1) is 0 Å². The number of nitrogens with zero attached hydrogens (tertiary/aromatic N) is 2. The molecule has 51 heavy (non-hydrogen) atoms. The molecule has 0 saturated carbocycles. The Bertz CT molecular complexity index is 2860. The van der Waals surface area contributed by atoms with E-state index in [1.807, 2.05) is 0 Å². The molecular weight excluding hydrogens is 623 g/mol. The van der Waals surface area contributed by atoms with E-state index in [0.29, 0.717) is 0 Å². The summed E-state index contributed by atoms with van der Waals surface area (Å²) >= 11 is 0. The van der Waals surface area contributed by atoms with Crippen LogP contribution in [0.1, 0.15) is 26.3 Å². The van der Waals surface area contributed by atoms with Crippen LogP contribution in [0.5, 0.6) is 0 Å². The number of rotatable bonds is 2. The van der Waals surface area contributed by atoms with E-state index in [9.17, 15) is 0 Å². The Hall–Kier alpha value is -6.20. The zero-order valence-corrected chi connectivity index (χ0v) is 28.6. The molecule has 0 radical (unpaired) electrons. The van der Waals surface area contributed by atoms with Gasteiger partial charge in [0.2, 0.25) is 0 Å². The maximum absolute atomic E-state index is 7.10. The Morgan fingerprint density at radius 3 is 1.65 bits per heavy atom. The lowest BCUT2D eigenvalue weighted by Gasteiger charge is -2.44. The summed E-state index contributed by atoms with van der Waals surface area (Å²) in [6, 6.07) is 52.2. The van der Waals surface area contributed by atoms with Crippen molar-refractivity contribution >= 4 is 101 Å². The van der Waals surface area contributed by atoms with Crippen molar-refractivity contribution in [2.75, 3.05) is 9.80 Å². The van der Waals surface area contributed by atoms with Gasteiger partial charge in [-0.3, -0.25) is 0 Å². The predicted octanol–water partition coefficient (Wildman–Crippen LogP) is 10.9. The molecule has 0 spiro atoms. The molecule has 4 nitrogen and oxygen atoms in total. The van der Waals surface area contributed by atoms with Crippen LogP contribution < -0.4 is 26.2 Å². The van der Waals surface area contributed by atoms with Crippen molar-refractivity contribution in [2.45, 2.75) is 26.2 Å². The van der Waals surface area contributed by atoms with Gasteiger partial charge in [-0.05, 0) is 76.5 Å². The minimum absolute atomic E-state index is 0.111. The molecule has 5 heteroatoms.